The number of pyridine rings is 1. The Labute approximate surface area is 170 Å². The molecule has 2 aromatic heterocycles. The summed E-state index contributed by atoms with van der Waals surface area (Å²) in [5, 5.41) is 1.88. The third-order valence-electron chi connectivity index (χ3n) is 5.27. The molecule has 0 unspecified atom stereocenters. The molecule has 0 atom stereocenters. The summed E-state index contributed by atoms with van der Waals surface area (Å²) in [6.07, 6.45) is 7.63. The molecular formula is C23H16F2N4O. The Hall–Kier alpha value is -3.74. The van der Waals surface area contributed by atoms with Crippen molar-refractivity contribution < 1.29 is 8.78 Å². The molecule has 7 heteroatoms. The molecule has 0 saturated heterocycles. The highest BCUT2D eigenvalue weighted by Crippen LogP contribution is 2.28. The zero-order valence-electron chi connectivity index (χ0n) is 15.8. The van der Waals surface area contributed by atoms with Crippen LogP contribution >= 0.6 is 0 Å². The quantitative estimate of drug-likeness (QED) is 0.509. The SMILES string of the molecule is O=c1cnc2c(n1Cc1c(F)cc(-c3ccc4cnccc4c3)cc1F)N=CCC2. The molecule has 0 spiro atoms. The van der Waals surface area contributed by atoms with Crippen molar-refractivity contribution in [1.82, 2.24) is 14.5 Å². The maximum atomic E-state index is 14.9. The predicted molar refractivity (Wildman–Crippen MR) is 111 cm³/mol. The average molecular weight is 402 g/mol. The molecule has 0 bridgehead atoms. The molecule has 4 aromatic rings. The van der Waals surface area contributed by atoms with Crippen LogP contribution in [-0.2, 0) is 13.0 Å². The molecule has 148 valence electrons. The first-order valence-electron chi connectivity index (χ1n) is 9.53. The fraction of sp³-hybridized carbons (Fsp3) is 0.130. The fourth-order valence-corrected chi connectivity index (χ4v) is 3.69. The Balaban J connectivity index is 1.56. The number of rotatable bonds is 3. The van der Waals surface area contributed by atoms with Crippen molar-refractivity contribution in [1.29, 1.82) is 0 Å². The average Bonchev–Trinajstić information content (AvgIpc) is 2.77. The number of aromatic nitrogens is 3. The van der Waals surface area contributed by atoms with E-state index >= 15 is 0 Å². The van der Waals surface area contributed by atoms with Crippen LogP contribution in [0.1, 0.15) is 17.7 Å². The molecule has 0 amide bonds. The van der Waals surface area contributed by atoms with Gasteiger partial charge in [-0.25, -0.2) is 13.8 Å². The van der Waals surface area contributed by atoms with Gasteiger partial charge < -0.3 is 0 Å². The molecule has 5 rings (SSSR count). The second-order valence-corrected chi connectivity index (χ2v) is 7.16. The van der Waals surface area contributed by atoms with Crippen molar-refractivity contribution in [3.8, 4) is 11.1 Å². The lowest BCUT2D eigenvalue weighted by Crippen LogP contribution is -2.24. The van der Waals surface area contributed by atoms with Crippen LogP contribution in [0.25, 0.3) is 21.9 Å². The van der Waals surface area contributed by atoms with Crippen molar-refractivity contribution in [2.24, 2.45) is 4.99 Å². The highest BCUT2D eigenvalue weighted by atomic mass is 19.1. The summed E-state index contributed by atoms with van der Waals surface area (Å²) < 4.78 is 31.1. The number of aryl methyl sites for hydroxylation is 1. The third kappa shape index (κ3) is 3.18. The van der Waals surface area contributed by atoms with Crippen molar-refractivity contribution in [3.63, 3.8) is 0 Å². The van der Waals surface area contributed by atoms with Crippen LogP contribution in [-0.4, -0.2) is 20.7 Å². The number of nitrogens with zero attached hydrogens (tertiary/aromatic N) is 4. The minimum Gasteiger partial charge on any atom is -0.286 e. The normalized spacial score (nSPS) is 12.9. The van der Waals surface area contributed by atoms with Crippen molar-refractivity contribution in [2.75, 3.05) is 0 Å². The first-order valence-corrected chi connectivity index (χ1v) is 9.53. The van der Waals surface area contributed by atoms with Crippen LogP contribution < -0.4 is 5.56 Å². The van der Waals surface area contributed by atoms with Gasteiger partial charge in [-0.2, -0.15) is 0 Å². The Kier molecular flexibility index (Phi) is 4.43. The number of hydrogen-bond acceptors (Lipinski definition) is 4. The van der Waals surface area contributed by atoms with Gasteiger partial charge in [0.2, 0.25) is 0 Å². The molecule has 2 aromatic carbocycles. The van der Waals surface area contributed by atoms with Crippen molar-refractivity contribution >= 4 is 22.8 Å². The molecule has 5 nitrogen and oxygen atoms in total. The van der Waals surface area contributed by atoms with Gasteiger partial charge in [-0.3, -0.25) is 19.3 Å². The lowest BCUT2D eigenvalue weighted by atomic mass is 10.00. The molecule has 0 aliphatic carbocycles. The molecule has 0 saturated carbocycles. The van der Waals surface area contributed by atoms with E-state index in [4.69, 9.17) is 0 Å². The number of hydrogen-bond donors (Lipinski definition) is 0. The van der Waals surface area contributed by atoms with Crippen LogP contribution in [0.5, 0.6) is 0 Å². The lowest BCUT2D eigenvalue weighted by Gasteiger charge is -2.16. The predicted octanol–water partition coefficient (Wildman–Crippen LogP) is 4.43. The maximum absolute atomic E-state index is 14.9. The second-order valence-electron chi connectivity index (χ2n) is 7.16. The Morgan fingerprint density at radius 2 is 1.80 bits per heavy atom. The number of benzene rings is 2. The summed E-state index contributed by atoms with van der Waals surface area (Å²) in [5.41, 5.74) is 1.15. The van der Waals surface area contributed by atoms with Gasteiger partial charge in [0.05, 0.1) is 18.4 Å². The summed E-state index contributed by atoms with van der Waals surface area (Å²) in [6, 6.07) is 9.97. The van der Waals surface area contributed by atoms with Crippen LogP contribution in [0.2, 0.25) is 0 Å². The topological polar surface area (TPSA) is 60.1 Å². The van der Waals surface area contributed by atoms with E-state index in [1.165, 1.54) is 22.9 Å². The smallest absolute Gasteiger partial charge is 0.270 e. The zero-order chi connectivity index (χ0) is 20.7. The van der Waals surface area contributed by atoms with Crippen molar-refractivity contribution in [2.45, 2.75) is 19.4 Å². The summed E-state index contributed by atoms with van der Waals surface area (Å²) in [7, 11) is 0. The maximum Gasteiger partial charge on any atom is 0.270 e. The minimum atomic E-state index is -0.711. The molecule has 0 N–H and O–H groups in total. The molecule has 0 fully saturated rings. The van der Waals surface area contributed by atoms with Gasteiger partial charge >= 0.3 is 0 Å². The van der Waals surface area contributed by atoms with E-state index in [0.29, 0.717) is 29.1 Å². The van der Waals surface area contributed by atoms with E-state index in [9.17, 15) is 13.6 Å². The van der Waals surface area contributed by atoms with Gasteiger partial charge in [0, 0.05) is 29.6 Å². The van der Waals surface area contributed by atoms with Crippen molar-refractivity contribution in [3.05, 3.63) is 88.2 Å². The molecular weight excluding hydrogens is 386 g/mol. The molecule has 0 radical (unpaired) electrons. The number of fused-ring (bicyclic) bond motifs is 2. The Morgan fingerprint density at radius 1 is 0.967 bits per heavy atom. The second kappa shape index (κ2) is 7.26. The van der Waals surface area contributed by atoms with E-state index in [1.807, 2.05) is 18.2 Å². The Morgan fingerprint density at radius 3 is 2.63 bits per heavy atom. The van der Waals surface area contributed by atoms with Crippen LogP contribution in [0.4, 0.5) is 14.6 Å². The van der Waals surface area contributed by atoms with Gasteiger partial charge in [0.25, 0.3) is 5.56 Å². The highest BCUT2D eigenvalue weighted by molar-refractivity contribution is 5.86. The monoisotopic (exact) mass is 402 g/mol. The molecule has 30 heavy (non-hydrogen) atoms. The van der Waals surface area contributed by atoms with Crippen LogP contribution in [0, 0.1) is 11.6 Å². The van der Waals surface area contributed by atoms with Crippen LogP contribution in [0.15, 0.2) is 64.8 Å². The number of aliphatic imine (C=N–C) groups is 1. The molecule has 3 heterocycles. The summed E-state index contributed by atoms with van der Waals surface area (Å²) in [4.78, 5) is 24.7. The first kappa shape index (κ1) is 18.3. The molecule has 1 aliphatic rings. The van der Waals surface area contributed by atoms with Gasteiger partial charge in [-0.1, -0.05) is 12.1 Å². The van der Waals surface area contributed by atoms with E-state index in [1.54, 1.807) is 24.7 Å². The van der Waals surface area contributed by atoms with Crippen LogP contribution in [0.3, 0.4) is 0 Å². The van der Waals surface area contributed by atoms with Gasteiger partial charge in [-0.15, -0.1) is 0 Å². The van der Waals surface area contributed by atoms with E-state index < -0.39 is 17.2 Å². The summed E-state index contributed by atoms with van der Waals surface area (Å²) >= 11 is 0. The van der Waals surface area contributed by atoms with Gasteiger partial charge in [0.1, 0.15) is 11.6 Å². The third-order valence-corrected chi connectivity index (χ3v) is 5.27. The molecule has 1 aliphatic heterocycles. The van der Waals surface area contributed by atoms with E-state index in [-0.39, 0.29) is 12.1 Å². The highest BCUT2D eigenvalue weighted by Gasteiger charge is 2.18. The fourth-order valence-electron chi connectivity index (χ4n) is 3.69. The number of halogens is 2. The largest absolute Gasteiger partial charge is 0.286 e. The standard InChI is InChI=1S/C23H16F2N4O/c24-19-9-17(14-3-4-16-11-26-7-5-15(16)8-14)10-20(25)18(19)13-29-22(30)12-28-21-2-1-6-27-23(21)29/h3-12H,1-2,13H2. The lowest BCUT2D eigenvalue weighted by molar-refractivity contribution is 0.541. The van der Waals surface area contributed by atoms with E-state index in [2.05, 4.69) is 15.0 Å². The van der Waals surface area contributed by atoms with Gasteiger partial charge in [0.15, 0.2) is 5.82 Å². The summed E-state index contributed by atoms with van der Waals surface area (Å²) in [6.45, 7) is -0.248. The zero-order valence-corrected chi connectivity index (χ0v) is 15.8. The first-order chi connectivity index (χ1) is 14.6. The summed E-state index contributed by atoms with van der Waals surface area (Å²) in [5.74, 6) is -1.06. The van der Waals surface area contributed by atoms with Gasteiger partial charge in [-0.05, 0) is 53.6 Å². The Bertz CT molecular complexity index is 1350. The minimum absolute atomic E-state index is 0.181. The van der Waals surface area contributed by atoms with E-state index in [0.717, 1.165) is 17.2 Å².